The molecule has 4 nitrogen and oxygen atoms in total. The van der Waals surface area contributed by atoms with Gasteiger partial charge in [0.05, 0.1) is 12.6 Å². The van der Waals surface area contributed by atoms with E-state index < -0.39 is 24.7 Å². The lowest BCUT2D eigenvalue weighted by atomic mass is 10.2. The summed E-state index contributed by atoms with van der Waals surface area (Å²) >= 11 is 1.43. The number of rotatable bonds is 5. The quantitative estimate of drug-likeness (QED) is 0.892. The van der Waals surface area contributed by atoms with E-state index in [1.165, 1.54) is 11.3 Å². The highest BCUT2D eigenvalue weighted by Crippen LogP contribution is 2.13. The van der Waals surface area contributed by atoms with Gasteiger partial charge < -0.3 is 5.32 Å². The summed E-state index contributed by atoms with van der Waals surface area (Å²) in [6.07, 6.45) is -2.74. The molecule has 0 unspecified atom stereocenters. The van der Waals surface area contributed by atoms with Gasteiger partial charge in [-0.05, 0) is 14.0 Å². The molecule has 1 amide bonds. The van der Waals surface area contributed by atoms with E-state index in [2.05, 4.69) is 4.98 Å². The van der Waals surface area contributed by atoms with Crippen molar-refractivity contribution >= 4 is 17.2 Å². The van der Waals surface area contributed by atoms with Crippen molar-refractivity contribution in [1.82, 2.24) is 15.2 Å². The molecule has 1 atom stereocenters. The van der Waals surface area contributed by atoms with Crippen LogP contribution in [-0.4, -0.2) is 41.6 Å². The van der Waals surface area contributed by atoms with Crippen LogP contribution in [0.25, 0.3) is 0 Å². The van der Waals surface area contributed by atoms with Crippen LogP contribution in [0.1, 0.15) is 11.9 Å². The first-order valence-electron chi connectivity index (χ1n) is 5.22. The summed E-state index contributed by atoms with van der Waals surface area (Å²) in [7, 11) is 1.67. The summed E-state index contributed by atoms with van der Waals surface area (Å²) in [5.41, 5.74) is 0. The second-order valence-corrected chi connectivity index (χ2v) is 4.83. The molecule has 1 rings (SSSR count). The first-order chi connectivity index (χ1) is 8.29. The van der Waals surface area contributed by atoms with Gasteiger partial charge in [-0.25, -0.2) is 4.98 Å². The minimum absolute atomic E-state index is 0.429. The molecule has 18 heavy (non-hydrogen) atoms. The standard InChI is InChI=1S/C10H14F3N3OS/c1-7(9(17)15-6-10(11,12)13)16(2)5-8-14-3-4-18-8/h3-4,7H,5-6H2,1-2H3,(H,15,17)/t7-/m1/s1. The third-order valence-electron chi connectivity index (χ3n) is 2.37. The van der Waals surface area contributed by atoms with Gasteiger partial charge in [-0.2, -0.15) is 13.2 Å². The Kier molecular flexibility index (Phi) is 5.09. The molecule has 102 valence electrons. The Labute approximate surface area is 107 Å². The first-order valence-corrected chi connectivity index (χ1v) is 6.10. The normalized spacial score (nSPS) is 13.7. The van der Waals surface area contributed by atoms with Crippen LogP contribution in [0.4, 0.5) is 13.2 Å². The van der Waals surface area contributed by atoms with Crippen LogP contribution < -0.4 is 5.32 Å². The third kappa shape index (κ3) is 5.01. The van der Waals surface area contributed by atoms with Crippen molar-refractivity contribution in [1.29, 1.82) is 0 Å². The minimum atomic E-state index is -4.39. The van der Waals surface area contributed by atoms with Crippen LogP contribution in [0, 0.1) is 0 Å². The van der Waals surface area contributed by atoms with Crippen LogP contribution in [0.3, 0.4) is 0 Å². The monoisotopic (exact) mass is 281 g/mol. The smallest absolute Gasteiger partial charge is 0.346 e. The Morgan fingerprint density at radius 2 is 2.28 bits per heavy atom. The molecule has 0 aliphatic carbocycles. The van der Waals surface area contributed by atoms with Gasteiger partial charge >= 0.3 is 6.18 Å². The predicted molar refractivity (Wildman–Crippen MR) is 62.1 cm³/mol. The van der Waals surface area contributed by atoms with E-state index in [0.717, 1.165) is 5.01 Å². The SMILES string of the molecule is C[C@H](C(=O)NCC(F)(F)F)N(C)Cc1nccs1. The number of halogens is 3. The zero-order chi connectivity index (χ0) is 13.8. The lowest BCUT2D eigenvalue weighted by molar-refractivity contribution is -0.141. The Bertz CT molecular complexity index is 380. The minimum Gasteiger partial charge on any atom is -0.346 e. The first kappa shape index (κ1) is 14.9. The molecule has 0 saturated carbocycles. The number of nitrogens with one attached hydrogen (secondary N) is 1. The van der Waals surface area contributed by atoms with E-state index in [4.69, 9.17) is 0 Å². The van der Waals surface area contributed by atoms with Crippen LogP contribution >= 0.6 is 11.3 Å². The number of carbonyl (C=O) groups is 1. The number of hydrogen-bond donors (Lipinski definition) is 1. The van der Waals surface area contributed by atoms with E-state index in [9.17, 15) is 18.0 Å². The summed E-state index contributed by atoms with van der Waals surface area (Å²) in [5.74, 6) is -0.647. The van der Waals surface area contributed by atoms with Gasteiger partial charge in [0.1, 0.15) is 11.6 Å². The maximum atomic E-state index is 11.9. The van der Waals surface area contributed by atoms with Crippen LogP contribution in [0.2, 0.25) is 0 Å². The summed E-state index contributed by atoms with van der Waals surface area (Å²) < 4.78 is 35.8. The Balaban J connectivity index is 2.43. The fourth-order valence-electron chi connectivity index (χ4n) is 1.22. The van der Waals surface area contributed by atoms with Crippen molar-refractivity contribution in [2.24, 2.45) is 0 Å². The van der Waals surface area contributed by atoms with E-state index in [1.54, 1.807) is 30.4 Å². The van der Waals surface area contributed by atoms with Crippen molar-refractivity contribution in [2.75, 3.05) is 13.6 Å². The van der Waals surface area contributed by atoms with Crippen molar-refractivity contribution in [2.45, 2.75) is 25.7 Å². The van der Waals surface area contributed by atoms with Gasteiger partial charge in [0.15, 0.2) is 0 Å². The molecule has 0 saturated heterocycles. The zero-order valence-electron chi connectivity index (χ0n) is 9.99. The number of alkyl halides is 3. The molecule has 1 N–H and O–H groups in total. The number of amides is 1. The molecular weight excluding hydrogens is 267 g/mol. The highest BCUT2D eigenvalue weighted by Gasteiger charge is 2.29. The topological polar surface area (TPSA) is 45.2 Å². The van der Waals surface area contributed by atoms with Gasteiger partial charge in [0.2, 0.25) is 5.91 Å². The van der Waals surface area contributed by atoms with E-state index >= 15 is 0 Å². The Hall–Kier alpha value is -1.15. The number of hydrogen-bond acceptors (Lipinski definition) is 4. The van der Waals surface area contributed by atoms with E-state index in [0.29, 0.717) is 6.54 Å². The number of thiazole rings is 1. The van der Waals surface area contributed by atoms with E-state index in [1.807, 2.05) is 5.32 Å². The van der Waals surface area contributed by atoms with Gasteiger partial charge in [-0.3, -0.25) is 9.69 Å². The van der Waals surface area contributed by atoms with Crippen LogP contribution in [-0.2, 0) is 11.3 Å². The van der Waals surface area contributed by atoms with Crippen molar-refractivity contribution in [3.05, 3.63) is 16.6 Å². The summed E-state index contributed by atoms with van der Waals surface area (Å²) in [4.78, 5) is 17.2. The van der Waals surface area contributed by atoms with Crippen LogP contribution in [0.5, 0.6) is 0 Å². The lowest BCUT2D eigenvalue weighted by Gasteiger charge is -2.23. The molecular formula is C10H14F3N3OS. The maximum Gasteiger partial charge on any atom is 0.405 e. The summed E-state index contributed by atoms with van der Waals surface area (Å²) in [5, 5.41) is 4.48. The Morgan fingerprint density at radius 3 is 2.78 bits per heavy atom. The summed E-state index contributed by atoms with van der Waals surface area (Å²) in [6, 6.07) is -0.642. The zero-order valence-corrected chi connectivity index (χ0v) is 10.8. The van der Waals surface area contributed by atoms with E-state index in [-0.39, 0.29) is 0 Å². The molecule has 1 aromatic rings. The van der Waals surface area contributed by atoms with Crippen molar-refractivity contribution < 1.29 is 18.0 Å². The number of likely N-dealkylation sites (N-methyl/N-ethyl adjacent to an activating group) is 1. The predicted octanol–water partition coefficient (Wildman–Crippen LogP) is 1.64. The molecule has 0 aromatic carbocycles. The molecule has 0 aliphatic heterocycles. The molecule has 0 spiro atoms. The molecule has 0 bridgehead atoms. The van der Waals surface area contributed by atoms with Gasteiger partial charge in [0, 0.05) is 11.6 Å². The number of nitrogens with zero attached hydrogens (tertiary/aromatic N) is 2. The average Bonchev–Trinajstić information content (AvgIpc) is 2.76. The largest absolute Gasteiger partial charge is 0.405 e. The number of carbonyl (C=O) groups excluding carboxylic acids is 1. The van der Waals surface area contributed by atoms with Gasteiger partial charge in [-0.15, -0.1) is 11.3 Å². The van der Waals surface area contributed by atoms with Crippen molar-refractivity contribution in [3.8, 4) is 0 Å². The second kappa shape index (κ2) is 6.14. The fraction of sp³-hybridized carbons (Fsp3) is 0.600. The molecule has 1 aromatic heterocycles. The summed E-state index contributed by atoms with van der Waals surface area (Å²) in [6.45, 7) is 0.679. The fourth-order valence-corrected chi connectivity index (χ4v) is 1.90. The lowest BCUT2D eigenvalue weighted by Crippen LogP contribution is -2.45. The number of aromatic nitrogens is 1. The highest BCUT2D eigenvalue weighted by atomic mass is 32.1. The van der Waals surface area contributed by atoms with Gasteiger partial charge in [0.25, 0.3) is 0 Å². The Morgan fingerprint density at radius 1 is 1.61 bits per heavy atom. The molecule has 1 heterocycles. The second-order valence-electron chi connectivity index (χ2n) is 3.85. The molecule has 0 radical (unpaired) electrons. The third-order valence-corrected chi connectivity index (χ3v) is 3.14. The average molecular weight is 281 g/mol. The maximum absolute atomic E-state index is 11.9. The highest BCUT2D eigenvalue weighted by molar-refractivity contribution is 7.09. The van der Waals surface area contributed by atoms with Gasteiger partial charge in [-0.1, -0.05) is 0 Å². The molecule has 0 aliphatic rings. The van der Waals surface area contributed by atoms with Crippen molar-refractivity contribution in [3.63, 3.8) is 0 Å². The van der Waals surface area contributed by atoms with Crippen LogP contribution in [0.15, 0.2) is 11.6 Å². The molecule has 0 fully saturated rings. The molecule has 8 heteroatoms.